The maximum atomic E-state index is 10.7. The van der Waals surface area contributed by atoms with E-state index in [0.717, 1.165) is 5.56 Å². The van der Waals surface area contributed by atoms with Crippen LogP contribution in [0.3, 0.4) is 0 Å². The molecule has 1 amide bonds. The first kappa shape index (κ1) is 9.27. The summed E-state index contributed by atoms with van der Waals surface area (Å²) in [5.41, 5.74) is 0.992. The van der Waals surface area contributed by atoms with E-state index >= 15 is 0 Å². The summed E-state index contributed by atoms with van der Waals surface area (Å²) in [7, 11) is 0. The van der Waals surface area contributed by atoms with Crippen LogP contribution in [-0.4, -0.2) is 5.91 Å². The first-order valence-corrected chi connectivity index (χ1v) is 3.99. The van der Waals surface area contributed by atoms with Gasteiger partial charge in [0, 0.05) is 0 Å². The number of nitrogens with zero attached hydrogens (tertiary/aromatic N) is 1. The van der Waals surface area contributed by atoms with Gasteiger partial charge in [-0.15, -0.1) is 0 Å². The molecular formula is C10H10N2O. The summed E-state index contributed by atoms with van der Waals surface area (Å²) in [6.07, 6.45) is 0. The molecule has 3 heteroatoms. The number of rotatable bonds is 2. The van der Waals surface area contributed by atoms with Crippen molar-refractivity contribution in [3.05, 3.63) is 35.9 Å². The van der Waals surface area contributed by atoms with Gasteiger partial charge in [-0.3, -0.25) is 4.79 Å². The van der Waals surface area contributed by atoms with Crippen molar-refractivity contribution in [2.45, 2.75) is 13.0 Å². The molecule has 0 saturated heterocycles. The lowest BCUT2D eigenvalue weighted by Crippen LogP contribution is -2.24. The Morgan fingerprint density at radius 1 is 1.46 bits per heavy atom. The predicted octanol–water partition coefficient (Wildman–Crippen LogP) is 1.39. The van der Waals surface area contributed by atoms with Crippen molar-refractivity contribution in [2.24, 2.45) is 0 Å². The normalized spacial score (nSPS) is 11.4. The molecular weight excluding hydrogens is 164 g/mol. The van der Waals surface area contributed by atoms with Crippen molar-refractivity contribution < 1.29 is 4.79 Å². The fourth-order valence-electron chi connectivity index (χ4n) is 1.05. The fourth-order valence-corrected chi connectivity index (χ4v) is 1.05. The van der Waals surface area contributed by atoms with E-state index in [1.165, 1.54) is 6.07 Å². The molecule has 1 aromatic carbocycles. The van der Waals surface area contributed by atoms with Gasteiger partial charge in [-0.25, -0.2) is 0 Å². The van der Waals surface area contributed by atoms with Crippen molar-refractivity contribution in [1.82, 2.24) is 5.32 Å². The zero-order chi connectivity index (χ0) is 9.68. The van der Waals surface area contributed by atoms with Gasteiger partial charge >= 0.3 is 5.91 Å². The smallest absolute Gasteiger partial charge is 0.322 e. The Labute approximate surface area is 77.0 Å². The van der Waals surface area contributed by atoms with Crippen LogP contribution in [0.4, 0.5) is 0 Å². The molecule has 0 fully saturated rings. The number of nitriles is 1. The van der Waals surface area contributed by atoms with Crippen molar-refractivity contribution in [3.8, 4) is 6.07 Å². The molecule has 0 aliphatic rings. The van der Waals surface area contributed by atoms with Crippen molar-refractivity contribution in [2.75, 3.05) is 0 Å². The summed E-state index contributed by atoms with van der Waals surface area (Å²) >= 11 is 0. The van der Waals surface area contributed by atoms with Crippen LogP contribution in [-0.2, 0) is 4.79 Å². The van der Waals surface area contributed by atoms with Gasteiger partial charge in [-0.2, -0.15) is 5.26 Å². The van der Waals surface area contributed by atoms with Crippen LogP contribution in [0, 0.1) is 11.3 Å². The SMILES string of the molecule is C[C@@H](NC(=O)C#N)c1ccccc1. The van der Waals surface area contributed by atoms with Crippen molar-refractivity contribution in [1.29, 1.82) is 5.26 Å². The molecule has 0 aromatic heterocycles. The Hall–Kier alpha value is -1.82. The van der Waals surface area contributed by atoms with Crippen LogP contribution in [0.5, 0.6) is 0 Å². The van der Waals surface area contributed by atoms with Crippen LogP contribution in [0.1, 0.15) is 18.5 Å². The zero-order valence-electron chi connectivity index (χ0n) is 7.32. The lowest BCUT2D eigenvalue weighted by Gasteiger charge is -2.10. The van der Waals surface area contributed by atoms with E-state index in [1.807, 2.05) is 37.3 Å². The Balaban J connectivity index is 2.65. The number of benzene rings is 1. The van der Waals surface area contributed by atoms with E-state index in [9.17, 15) is 4.79 Å². The molecule has 1 N–H and O–H groups in total. The van der Waals surface area contributed by atoms with Gasteiger partial charge < -0.3 is 5.32 Å². The summed E-state index contributed by atoms with van der Waals surface area (Å²) in [6.45, 7) is 1.84. The fraction of sp³-hybridized carbons (Fsp3) is 0.200. The zero-order valence-corrected chi connectivity index (χ0v) is 7.32. The second kappa shape index (κ2) is 4.27. The molecule has 3 nitrogen and oxygen atoms in total. The minimum Gasteiger partial charge on any atom is -0.337 e. The minimum atomic E-state index is -0.601. The lowest BCUT2D eigenvalue weighted by molar-refractivity contribution is -0.116. The maximum Gasteiger partial charge on any atom is 0.322 e. The molecule has 0 bridgehead atoms. The summed E-state index contributed by atoms with van der Waals surface area (Å²) < 4.78 is 0. The van der Waals surface area contributed by atoms with Gasteiger partial charge in [0.05, 0.1) is 6.04 Å². The van der Waals surface area contributed by atoms with Crippen molar-refractivity contribution >= 4 is 5.91 Å². The van der Waals surface area contributed by atoms with Crippen molar-refractivity contribution in [3.63, 3.8) is 0 Å². The molecule has 0 aliphatic carbocycles. The summed E-state index contributed by atoms with van der Waals surface area (Å²) in [5, 5.41) is 10.8. The first-order valence-electron chi connectivity index (χ1n) is 3.99. The van der Waals surface area contributed by atoms with E-state index in [1.54, 1.807) is 0 Å². The standard InChI is InChI=1S/C10H10N2O/c1-8(12-10(13)7-11)9-5-3-2-4-6-9/h2-6,8H,1H3,(H,12,13)/t8-/m1/s1. The molecule has 1 rings (SSSR count). The second-order valence-electron chi connectivity index (χ2n) is 2.72. The van der Waals surface area contributed by atoms with Crippen LogP contribution in [0.2, 0.25) is 0 Å². The molecule has 13 heavy (non-hydrogen) atoms. The highest BCUT2D eigenvalue weighted by molar-refractivity contribution is 5.91. The highest BCUT2D eigenvalue weighted by atomic mass is 16.1. The van der Waals surface area contributed by atoms with Gasteiger partial charge in [0.15, 0.2) is 6.07 Å². The van der Waals surface area contributed by atoms with Gasteiger partial charge in [-0.1, -0.05) is 30.3 Å². The Morgan fingerprint density at radius 2 is 2.08 bits per heavy atom. The topological polar surface area (TPSA) is 52.9 Å². The second-order valence-corrected chi connectivity index (χ2v) is 2.72. The van der Waals surface area contributed by atoms with E-state index < -0.39 is 5.91 Å². The highest BCUT2D eigenvalue weighted by Gasteiger charge is 2.06. The third kappa shape index (κ3) is 2.60. The molecule has 0 unspecified atom stereocenters. The highest BCUT2D eigenvalue weighted by Crippen LogP contribution is 2.10. The quantitative estimate of drug-likeness (QED) is 0.689. The molecule has 66 valence electrons. The minimum absolute atomic E-state index is 0.117. The third-order valence-electron chi connectivity index (χ3n) is 1.75. The molecule has 1 aromatic rings. The van der Waals surface area contributed by atoms with E-state index in [2.05, 4.69) is 5.32 Å². The molecule has 0 aliphatic heterocycles. The van der Waals surface area contributed by atoms with Gasteiger partial charge in [0.25, 0.3) is 0 Å². The Morgan fingerprint density at radius 3 is 2.62 bits per heavy atom. The predicted molar refractivity (Wildman–Crippen MR) is 48.6 cm³/mol. The van der Waals surface area contributed by atoms with E-state index in [4.69, 9.17) is 5.26 Å². The number of carbonyl (C=O) groups excluding carboxylic acids is 1. The summed E-state index contributed by atoms with van der Waals surface area (Å²) in [5.74, 6) is -0.601. The number of nitrogens with one attached hydrogen (secondary N) is 1. The summed E-state index contributed by atoms with van der Waals surface area (Å²) in [6, 6.07) is 10.9. The largest absolute Gasteiger partial charge is 0.337 e. The molecule has 0 saturated carbocycles. The molecule has 0 radical (unpaired) electrons. The van der Waals surface area contributed by atoms with E-state index in [-0.39, 0.29) is 6.04 Å². The average Bonchev–Trinajstić information content (AvgIpc) is 2.19. The van der Waals surface area contributed by atoms with Crippen LogP contribution in [0.25, 0.3) is 0 Å². The number of hydrogen-bond donors (Lipinski definition) is 1. The monoisotopic (exact) mass is 174 g/mol. The average molecular weight is 174 g/mol. The molecule has 0 heterocycles. The number of amides is 1. The first-order chi connectivity index (χ1) is 6.24. The molecule has 1 atom stereocenters. The van der Waals surface area contributed by atoms with Crippen LogP contribution >= 0.6 is 0 Å². The summed E-state index contributed by atoms with van der Waals surface area (Å²) in [4.78, 5) is 10.7. The lowest BCUT2D eigenvalue weighted by atomic mass is 10.1. The Bertz CT molecular complexity index is 327. The number of hydrogen-bond acceptors (Lipinski definition) is 2. The van der Waals surface area contributed by atoms with Gasteiger partial charge in [0.2, 0.25) is 0 Å². The van der Waals surface area contributed by atoms with Crippen LogP contribution in [0.15, 0.2) is 30.3 Å². The van der Waals surface area contributed by atoms with E-state index in [0.29, 0.717) is 0 Å². The third-order valence-corrected chi connectivity index (χ3v) is 1.75. The van der Waals surface area contributed by atoms with Crippen LogP contribution < -0.4 is 5.32 Å². The Kier molecular flexibility index (Phi) is 3.04. The van der Waals surface area contributed by atoms with Gasteiger partial charge in [-0.05, 0) is 12.5 Å². The molecule has 0 spiro atoms. The van der Waals surface area contributed by atoms with Gasteiger partial charge in [0.1, 0.15) is 0 Å². The maximum absolute atomic E-state index is 10.7. The number of carbonyl (C=O) groups is 1.